The Balaban J connectivity index is 1.69. The average molecular weight is 301 g/mol. The van der Waals surface area contributed by atoms with E-state index in [1.54, 1.807) is 0 Å². The number of carbonyl (C=O) groups is 1. The number of hydrogen-bond donors (Lipinski definition) is 0. The van der Waals surface area contributed by atoms with Gasteiger partial charge in [-0.15, -0.1) is 0 Å². The Kier molecular flexibility index (Phi) is 4.43. The lowest BCUT2D eigenvalue weighted by Gasteiger charge is -2.30. The summed E-state index contributed by atoms with van der Waals surface area (Å²) in [4.78, 5) is 18.9. The number of aryl methyl sites for hydroxylation is 1. The van der Waals surface area contributed by atoms with Crippen LogP contribution in [0, 0.1) is 12.8 Å². The van der Waals surface area contributed by atoms with Gasteiger partial charge in [0, 0.05) is 25.5 Å². The number of imidazole rings is 1. The van der Waals surface area contributed by atoms with Crippen LogP contribution in [0.25, 0.3) is 5.65 Å². The molecule has 2 aromatic rings. The first-order valence-corrected chi connectivity index (χ1v) is 7.99. The minimum atomic E-state index is -0.0574. The largest absolute Gasteiger partial charge is 0.466 e. The number of fused-ring (bicyclic) bond motifs is 1. The van der Waals surface area contributed by atoms with Gasteiger partial charge in [-0.25, -0.2) is 4.98 Å². The second-order valence-electron chi connectivity index (χ2n) is 5.98. The Bertz CT molecular complexity index is 665. The maximum atomic E-state index is 11.9. The zero-order chi connectivity index (χ0) is 15.5. The van der Waals surface area contributed by atoms with Gasteiger partial charge in [-0.05, 0) is 44.9 Å². The lowest BCUT2D eigenvalue weighted by atomic mass is 9.98. The fourth-order valence-electron chi connectivity index (χ4n) is 3.16. The number of rotatable bonds is 4. The van der Waals surface area contributed by atoms with Crippen molar-refractivity contribution in [2.24, 2.45) is 5.92 Å². The molecule has 0 amide bonds. The summed E-state index contributed by atoms with van der Waals surface area (Å²) in [5.41, 5.74) is 3.24. The molecule has 0 aromatic carbocycles. The van der Waals surface area contributed by atoms with Crippen molar-refractivity contribution in [3.05, 3.63) is 35.8 Å². The van der Waals surface area contributed by atoms with Gasteiger partial charge in [0.15, 0.2) is 0 Å². The molecule has 0 unspecified atom stereocenters. The lowest BCUT2D eigenvalue weighted by molar-refractivity contribution is -0.150. The summed E-state index contributed by atoms with van der Waals surface area (Å²) < 4.78 is 7.23. The molecule has 1 aliphatic rings. The SMILES string of the molecule is CCOC(=O)[C@H]1CCCN(Cc2cn3cccc(C)c3n2)C1. The Morgan fingerprint density at radius 3 is 3.14 bits per heavy atom. The lowest BCUT2D eigenvalue weighted by Crippen LogP contribution is -2.39. The van der Waals surface area contributed by atoms with Crippen LogP contribution < -0.4 is 0 Å². The molecule has 3 rings (SSSR count). The number of likely N-dealkylation sites (tertiary alicyclic amines) is 1. The Morgan fingerprint density at radius 2 is 2.36 bits per heavy atom. The van der Waals surface area contributed by atoms with Gasteiger partial charge in [0.1, 0.15) is 5.65 Å². The summed E-state index contributed by atoms with van der Waals surface area (Å²) in [5, 5.41) is 0. The van der Waals surface area contributed by atoms with Crippen molar-refractivity contribution in [3.63, 3.8) is 0 Å². The van der Waals surface area contributed by atoms with Crippen molar-refractivity contribution in [2.75, 3.05) is 19.7 Å². The third-order valence-corrected chi connectivity index (χ3v) is 4.24. The standard InChI is InChI=1S/C17H23N3O2/c1-3-22-17(21)14-7-5-8-19(10-14)11-15-12-20-9-4-6-13(2)16(20)18-15/h4,6,9,12,14H,3,5,7-8,10-11H2,1-2H3/t14-/m0/s1. The van der Waals surface area contributed by atoms with Crippen LogP contribution >= 0.6 is 0 Å². The highest BCUT2D eigenvalue weighted by Gasteiger charge is 2.27. The molecule has 5 heteroatoms. The van der Waals surface area contributed by atoms with Crippen LogP contribution in [0.15, 0.2) is 24.5 Å². The molecule has 1 saturated heterocycles. The summed E-state index contributed by atoms with van der Waals surface area (Å²) in [5.74, 6) is -0.0505. The summed E-state index contributed by atoms with van der Waals surface area (Å²) in [6.45, 7) is 6.97. The van der Waals surface area contributed by atoms with E-state index in [4.69, 9.17) is 9.72 Å². The number of aromatic nitrogens is 2. The molecule has 0 radical (unpaired) electrons. The van der Waals surface area contributed by atoms with Crippen molar-refractivity contribution in [1.82, 2.24) is 14.3 Å². The fourth-order valence-corrected chi connectivity index (χ4v) is 3.16. The first kappa shape index (κ1) is 15.0. The topological polar surface area (TPSA) is 46.8 Å². The number of hydrogen-bond acceptors (Lipinski definition) is 4. The van der Waals surface area contributed by atoms with Crippen LogP contribution in [0.1, 0.15) is 31.0 Å². The van der Waals surface area contributed by atoms with Gasteiger partial charge in [-0.3, -0.25) is 9.69 Å². The van der Waals surface area contributed by atoms with Crippen molar-refractivity contribution in [2.45, 2.75) is 33.2 Å². The smallest absolute Gasteiger partial charge is 0.310 e. The fraction of sp³-hybridized carbons (Fsp3) is 0.529. The van der Waals surface area contributed by atoms with Crippen molar-refractivity contribution >= 4 is 11.6 Å². The van der Waals surface area contributed by atoms with E-state index in [0.29, 0.717) is 6.61 Å². The number of esters is 1. The van der Waals surface area contributed by atoms with Gasteiger partial charge in [0.05, 0.1) is 18.2 Å². The third kappa shape index (κ3) is 3.14. The van der Waals surface area contributed by atoms with Gasteiger partial charge in [-0.1, -0.05) is 6.07 Å². The summed E-state index contributed by atoms with van der Waals surface area (Å²) in [7, 11) is 0. The normalized spacial score (nSPS) is 19.5. The van der Waals surface area contributed by atoms with Crippen LogP contribution in [-0.4, -0.2) is 40.0 Å². The molecule has 2 aromatic heterocycles. The summed E-state index contributed by atoms with van der Waals surface area (Å²) in [6, 6.07) is 4.11. The maximum Gasteiger partial charge on any atom is 0.310 e. The highest BCUT2D eigenvalue weighted by molar-refractivity contribution is 5.72. The van der Waals surface area contributed by atoms with E-state index in [9.17, 15) is 4.79 Å². The number of pyridine rings is 1. The first-order valence-electron chi connectivity index (χ1n) is 7.99. The molecular formula is C17H23N3O2. The van der Waals surface area contributed by atoms with E-state index < -0.39 is 0 Å². The van der Waals surface area contributed by atoms with E-state index in [1.165, 1.54) is 5.56 Å². The molecule has 0 N–H and O–H groups in total. The highest BCUT2D eigenvalue weighted by Crippen LogP contribution is 2.20. The first-order chi connectivity index (χ1) is 10.7. The Labute approximate surface area is 130 Å². The average Bonchev–Trinajstić information content (AvgIpc) is 2.92. The van der Waals surface area contributed by atoms with Crippen molar-refractivity contribution < 1.29 is 9.53 Å². The number of carbonyl (C=O) groups excluding carboxylic acids is 1. The predicted octanol–water partition coefficient (Wildman–Crippen LogP) is 2.42. The van der Waals surface area contributed by atoms with Crippen molar-refractivity contribution in [1.29, 1.82) is 0 Å². The summed E-state index contributed by atoms with van der Waals surface area (Å²) >= 11 is 0. The van der Waals surface area contributed by atoms with Crippen molar-refractivity contribution in [3.8, 4) is 0 Å². The van der Waals surface area contributed by atoms with E-state index in [1.807, 2.05) is 19.2 Å². The van der Waals surface area contributed by atoms with Gasteiger partial charge >= 0.3 is 5.97 Å². The molecule has 0 spiro atoms. The minimum absolute atomic E-state index is 0.00691. The molecular weight excluding hydrogens is 278 g/mol. The number of ether oxygens (including phenoxy) is 1. The van der Waals surface area contributed by atoms with Crippen LogP contribution in [0.5, 0.6) is 0 Å². The third-order valence-electron chi connectivity index (χ3n) is 4.24. The molecule has 5 nitrogen and oxygen atoms in total. The molecule has 118 valence electrons. The zero-order valence-electron chi connectivity index (χ0n) is 13.3. The molecule has 22 heavy (non-hydrogen) atoms. The molecule has 3 heterocycles. The Morgan fingerprint density at radius 1 is 1.50 bits per heavy atom. The quantitative estimate of drug-likeness (QED) is 0.814. The summed E-state index contributed by atoms with van der Waals surface area (Å²) in [6.07, 6.45) is 6.07. The molecule has 1 atom stereocenters. The monoisotopic (exact) mass is 301 g/mol. The highest BCUT2D eigenvalue weighted by atomic mass is 16.5. The van der Waals surface area contributed by atoms with Gasteiger partial charge in [0.2, 0.25) is 0 Å². The van der Waals surface area contributed by atoms with Gasteiger partial charge in [0.25, 0.3) is 0 Å². The molecule has 1 fully saturated rings. The van der Waals surface area contributed by atoms with Gasteiger partial charge < -0.3 is 9.14 Å². The maximum absolute atomic E-state index is 11.9. The minimum Gasteiger partial charge on any atom is -0.466 e. The predicted molar refractivity (Wildman–Crippen MR) is 84.6 cm³/mol. The molecule has 0 saturated carbocycles. The molecule has 1 aliphatic heterocycles. The van der Waals surface area contributed by atoms with Gasteiger partial charge in [-0.2, -0.15) is 0 Å². The second-order valence-corrected chi connectivity index (χ2v) is 5.98. The van der Waals surface area contributed by atoms with Crippen LogP contribution in [-0.2, 0) is 16.1 Å². The Hall–Kier alpha value is -1.88. The zero-order valence-corrected chi connectivity index (χ0v) is 13.3. The van der Waals surface area contributed by atoms with Crippen LogP contribution in [0.3, 0.4) is 0 Å². The van der Waals surface area contributed by atoms with Crippen LogP contribution in [0.4, 0.5) is 0 Å². The van der Waals surface area contributed by atoms with E-state index in [2.05, 4.69) is 28.5 Å². The second kappa shape index (κ2) is 6.48. The van der Waals surface area contributed by atoms with E-state index in [0.717, 1.165) is 43.8 Å². The molecule has 0 bridgehead atoms. The number of piperidine rings is 1. The van der Waals surface area contributed by atoms with E-state index in [-0.39, 0.29) is 11.9 Å². The van der Waals surface area contributed by atoms with Crippen LogP contribution in [0.2, 0.25) is 0 Å². The molecule has 0 aliphatic carbocycles. The number of nitrogens with zero attached hydrogens (tertiary/aromatic N) is 3. The van der Waals surface area contributed by atoms with E-state index >= 15 is 0 Å².